The number of aromatic nitrogens is 2. The summed E-state index contributed by atoms with van der Waals surface area (Å²) in [6, 6.07) is 9.66. The van der Waals surface area contributed by atoms with Gasteiger partial charge in [-0.15, -0.1) is 0 Å². The summed E-state index contributed by atoms with van der Waals surface area (Å²) in [5.74, 6) is 1.74. The Kier molecular flexibility index (Phi) is 7.61. The minimum Gasteiger partial charge on any atom is -0.497 e. The van der Waals surface area contributed by atoms with Gasteiger partial charge in [0.2, 0.25) is 5.89 Å². The largest absolute Gasteiger partial charge is 0.497 e. The number of carbonyl (C=O) groups is 1. The van der Waals surface area contributed by atoms with Crippen LogP contribution in [-0.4, -0.2) is 41.0 Å². The van der Waals surface area contributed by atoms with Gasteiger partial charge in [0, 0.05) is 37.1 Å². The summed E-state index contributed by atoms with van der Waals surface area (Å²) in [4.78, 5) is 23.0. The number of carbonyl (C=O) groups excluding carboxylic acids is 1. The third-order valence-corrected chi connectivity index (χ3v) is 4.89. The van der Waals surface area contributed by atoms with Crippen LogP contribution >= 0.6 is 0 Å². The van der Waals surface area contributed by atoms with Gasteiger partial charge in [-0.2, -0.15) is 0 Å². The van der Waals surface area contributed by atoms with Crippen molar-refractivity contribution in [1.29, 1.82) is 0 Å². The monoisotopic (exact) mass is 424 g/mol. The summed E-state index contributed by atoms with van der Waals surface area (Å²) in [5, 5.41) is 2.83. The zero-order chi connectivity index (χ0) is 22.2. The Morgan fingerprint density at radius 1 is 1.19 bits per heavy atom. The molecule has 8 nitrogen and oxygen atoms in total. The Morgan fingerprint density at radius 3 is 2.71 bits per heavy atom. The van der Waals surface area contributed by atoms with Crippen molar-refractivity contribution < 1.29 is 18.7 Å². The summed E-state index contributed by atoms with van der Waals surface area (Å²) < 4.78 is 16.4. The van der Waals surface area contributed by atoms with Crippen LogP contribution in [0.2, 0.25) is 0 Å². The van der Waals surface area contributed by atoms with Crippen molar-refractivity contribution in [2.75, 3.05) is 14.2 Å². The lowest BCUT2D eigenvalue weighted by Gasteiger charge is -2.26. The highest BCUT2D eigenvalue weighted by Crippen LogP contribution is 2.26. The number of hydrogen-bond donors (Lipinski definition) is 1. The molecule has 0 saturated carbocycles. The number of amides is 1. The summed E-state index contributed by atoms with van der Waals surface area (Å²) in [6.45, 7) is 5.63. The van der Waals surface area contributed by atoms with E-state index < -0.39 is 0 Å². The molecule has 0 saturated heterocycles. The van der Waals surface area contributed by atoms with Crippen molar-refractivity contribution >= 4 is 5.91 Å². The first kappa shape index (κ1) is 22.3. The molecule has 164 valence electrons. The van der Waals surface area contributed by atoms with Crippen molar-refractivity contribution in [2.45, 2.75) is 39.5 Å². The lowest BCUT2D eigenvalue weighted by Crippen LogP contribution is -2.30. The summed E-state index contributed by atoms with van der Waals surface area (Å²) in [6.07, 6.45) is 4.79. The molecule has 2 heterocycles. The van der Waals surface area contributed by atoms with Crippen LogP contribution in [0.15, 0.2) is 53.4 Å². The third-order valence-electron chi connectivity index (χ3n) is 4.89. The first-order valence-corrected chi connectivity index (χ1v) is 10.1. The number of nitrogens with zero attached hydrogens (tertiary/aromatic N) is 3. The Hall–Kier alpha value is -3.39. The SMILES string of the molecule is COc1ccc(OC)c(CN(Cc2nc(C(=O)NCc3cccnc3)co2)C(C)C)c1. The van der Waals surface area contributed by atoms with Gasteiger partial charge in [0.05, 0.1) is 20.8 Å². The molecule has 3 rings (SSSR count). The molecule has 31 heavy (non-hydrogen) atoms. The van der Waals surface area contributed by atoms with E-state index in [9.17, 15) is 4.79 Å². The molecule has 8 heteroatoms. The molecule has 2 aromatic heterocycles. The van der Waals surface area contributed by atoms with Crippen LogP contribution in [0.1, 0.15) is 41.4 Å². The van der Waals surface area contributed by atoms with Gasteiger partial charge in [-0.3, -0.25) is 14.7 Å². The van der Waals surface area contributed by atoms with Crippen molar-refractivity contribution in [1.82, 2.24) is 20.2 Å². The minimum absolute atomic E-state index is 0.214. The summed E-state index contributed by atoms with van der Waals surface area (Å²) >= 11 is 0. The Balaban J connectivity index is 1.66. The van der Waals surface area contributed by atoms with Gasteiger partial charge in [-0.05, 0) is 43.7 Å². The average molecular weight is 425 g/mol. The van der Waals surface area contributed by atoms with Gasteiger partial charge in [-0.25, -0.2) is 4.98 Å². The first-order chi connectivity index (χ1) is 15.0. The highest BCUT2D eigenvalue weighted by molar-refractivity contribution is 5.91. The van der Waals surface area contributed by atoms with Crippen molar-refractivity contribution in [3.8, 4) is 11.5 Å². The summed E-state index contributed by atoms with van der Waals surface area (Å²) in [7, 11) is 3.29. The Bertz CT molecular complexity index is 988. The maximum atomic E-state index is 12.4. The van der Waals surface area contributed by atoms with Gasteiger partial charge >= 0.3 is 0 Å². The quantitative estimate of drug-likeness (QED) is 0.533. The van der Waals surface area contributed by atoms with Gasteiger partial charge in [0.15, 0.2) is 5.69 Å². The number of ether oxygens (including phenoxy) is 2. The maximum Gasteiger partial charge on any atom is 0.273 e. The van der Waals surface area contributed by atoms with Crippen LogP contribution in [0.4, 0.5) is 0 Å². The van der Waals surface area contributed by atoms with Gasteiger partial charge in [-0.1, -0.05) is 6.07 Å². The van der Waals surface area contributed by atoms with Gasteiger partial charge < -0.3 is 19.2 Å². The van der Waals surface area contributed by atoms with E-state index in [1.807, 2.05) is 30.3 Å². The number of oxazole rings is 1. The molecule has 0 aliphatic heterocycles. The van der Waals surface area contributed by atoms with Crippen LogP contribution in [0, 0.1) is 0 Å². The number of benzene rings is 1. The van der Waals surface area contributed by atoms with E-state index in [-0.39, 0.29) is 17.6 Å². The molecular weight excluding hydrogens is 396 g/mol. The highest BCUT2D eigenvalue weighted by Gasteiger charge is 2.19. The molecular formula is C23H28N4O4. The second-order valence-corrected chi connectivity index (χ2v) is 7.35. The molecule has 0 spiro atoms. The molecule has 0 radical (unpaired) electrons. The molecule has 0 bridgehead atoms. The second-order valence-electron chi connectivity index (χ2n) is 7.35. The standard InChI is InChI=1S/C23H28N4O4/c1-16(2)27(13-18-10-19(29-3)7-8-21(18)30-4)14-22-26-20(15-31-22)23(28)25-12-17-6-5-9-24-11-17/h5-11,15-16H,12-14H2,1-4H3,(H,25,28). The normalized spacial score (nSPS) is 11.0. The molecule has 0 aliphatic carbocycles. The number of methoxy groups -OCH3 is 2. The number of nitrogens with one attached hydrogen (secondary N) is 1. The van der Waals surface area contributed by atoms with Crippen LogP contribution < -0.4 is 14.8 Å². The predicted octanol–water partition coefficient (Wildman–Crippen LogP) is 3.43. The first-order valence-electron chi connectivity index (χ1n) is 10.1. The van der Waals surface area contributed by atoms with Crippen LogP contribution in [0.25, 0.3) is 0 Å². The number of hydrogen-bond acceptors (Lipinski definition) is 7. The maximum absolute atomic E-state index is 12.4. The smallest absolute Gasteiger partial charge is 0.273 e. The van der Waals surface area contributed by atoms with E-state index >= 15 is 0 Å². The lowest BCUT2D eigenvalue weighted by atomic mass is 10.1. The van der Waals surface area contributed by atoms with E-state index in [0.29, 0.717) is 25.5 Å². The number of rotatable bonds is 10. The second kappa shape index (κ2) is 10.6. The third kappa shape index (κ3) is 6.05. The lowest BCUT2D eigenvalue weighted by molar-refractivity contribution is 0.0945. The average Bonchev–Trinajstić information content (AvgIpc) is 3.26. The molecule has 0 unspecified atom stereocenters. The fraction of sp³-hybridized carbons (Fsp3) is 0.348. The van der Waals surface area contributed by atoms with Gasteiger partial charge in [0.25, 0.3) is 5.91 Å². The molecule has 1 aromatic carbocycles. The van der Waals surface area contributed by atoms with Crippen molar-refractivity contribution in [3.63, 3.8) is 0 Å². The van der Waals surface area contributed by atoms with E-state index in [4.69, 9.17) is 13.9 Å². The van der Waals surface area contributed by atoms with E-state index in [1.54, 1.807) is 26.6 Å². The molecule has 1 N–H and O–H groups in total. The summed E-state index contributed by atoms with van der Waals surface area (Å²) in [5.41, 5.74) is 2.16. The zero-order valence-electron chi connectivity index (χ0n) is 18.3. The molecule has 0 aliphatic rings. The van der Waals surface area contributed by atoms with E-state index in [2.05, 4.69) is 34.0 Å². The van der Waals surface area contributed by atoms with Crippen LogP contribution in [0.3, 0.4) is 0 Å². The fourth-order valence-electron chi connectivity index (χ4n) is 3.08. The molecule has 3 aromatic rings. The van der Waals surface area contributed by atoms with E-state index in [0.717, 1.165) is 22.6 Å². The zero-order valence-corrected chi connectivity index (χ0v) is 18.3. The number of pyridine rings is 1. The predicted molar refractivity (Wildman–Crippen MR) is 116 cm³/mol. The van der Waals surface area contributed by atoms with Crippen molar-refractivity contribution in [3.05, 3.63) is 71.7 Å². The molecule has 0 atom stereocenters. The minimum atomic E-state index is -0.288. The molecule has 1 amide bonds. The van der Waals surface area contributed by atoms with Gasteiger partial charge in [0.1, 0.15) is 17.8 Å². The Labute approximate surface area is 182 Å². The van der Waals surface area contributed by atoms with Crippen molar-refractivity contribution in [2.24, 2.45) is 0 Å². The topological polar surface area (TPSA) is 89.7 Å². The Morgan fingerprint density at radius 2 is 2.03 bits per heavy atom. The highest BCUT2D eigenvalue weighted by atomic mass is 16.5. The fourth-order valence-corrected chi connectivity index (χ4v) is 3.08. The van der Waals surface area contributed by atoms with E-state index in [1.165, 1.54) is 6.26 Å². The van der Waals surface area contributed by atoms with Crippen LogP contribution in [0.5, 0.6) is 11.5 Å². The van der Waals surface area contributed by atoms with Crippen LogP contribution in [-0.2, 0) is 19.6 Å². The molecule has 0 fully saturated rings.